The fourth-order valence-corrected chi connectivity index (χ4v) is 2.36. The highest BCUT2D eigenvalue weighted by molar-refractivity contribution is 5.14. The number of benzene rings is 1. The van der Waals surface area contributed by atoms with E-state index in [9.17, 15) is 0 Å². The van der Waals surface area contributed by atoms with Crippen molar-refractivity contribution in [3.63, 3.8) is 0 Å². The lowest BCUT2D eigenvalue weighted by molar-refractivity contribution is 0.305. The summed E-state index contributed by atoms with van der Waals surface area (Å²) in [7, 11) is 0. The molecule has 1 heterocycles. The molecule has 2 atom stereocenters. The summed E-state index contributed by atoms with van der Waals surface area (Å²) < 4.78 is 0. The highest BCUT2D eigenvalue weighted by Crippen LogP contribution is 2.24. The van der Waals surface area contributed by atoms with Crippen LogP contribution in [0.3, 0.4) is 0 Å². The van der Waals surface area contributed by atoms with Gasteiger partial charge in [0, 0.05) is 19.0 Å². The lowest BCUT2D eigenvalue weighted by Gasteiger charge is -2.16. The minimum Gasteiger partial charge on any atom is -0.299 e. The van der Waals surface area contributed by atoms with Gasteiger partial charge in [-0.2, -0.15) is 5.26 Å². The zero-order valence-corrected chi connectivity index (χ0v) is 9.76. The van der Waals surface area contributed by atoms with E-state index in [4.69, 9.17) is 5.26 Å². The first-order valence-electron chi connectivity index (χ1n) is 5.95. The Labute approximate surface area is 97.5 Å². The molecule has 2 heteroatoms. The van der Waals surface area contributed by atoms with Crippen LogP contribution in [0.4, 0.5) is 0 Å². The Kier molecular flexibility index (Phi) is 3.58. The summed E-state index contributed by atoms with van der Waals surface area (Å²) in [6.07, 6.45) is 1.17. The first-order chi connectivity index (χ1) is 7.79. The van der Waals surface area contributed by atoms with Gasteiger partial charge in [0.25, 0.3) is 0 Å². The zero-order valence-electron chi connectivity index (χ0n) is 9.76. The largest absolute Gasteiger partial charge is 0.299 e. The van der Waals surface area contributed by atoms with Gasteiger partial charge in [0.15, 0.2) is 0 Å². The Morgan fingerprint density at radius 1 is 1.44 bits per heavy atom. The van der Waals surface area contributed by atoms with E-state index in [0.29, 0.717) is 5.92 Å². The van der Waals surface area contributed by atoms with Crippen LogP contribution in [0.25, 0.3) is 0 Å². The Morgan fingerprint density at radius 2 is 2.19 bits per heavy atom. The van der Waals surface area contributed by atoms with E-state index in [1.54, 1.807) is 0 Å². The number of likely N-dealkylation sites (tertiary alicyclic amines) is 1. The van der Waals surface area contributed by atoms with E-state index in [1.807, 2.05) is 13.0 Å². The Balaban J connectivity index is 1.88. The molecule has 1 aromatic rings. The molecule has 1 aliphatic rings. The van der Waals surface area contributed by atoms with Crippen LogP contribution in [0.15, 0.2) is 30.3 Å². The van der Waals surface area contributed by atoms with Crippen molar-refractivity contribution < 1.29 is 0 Å². The minimum atomic E-state index is 0.195. The normalized spacial score (nSPS) is 22.9. The van der Waals surface area contributed by atoms with Crippen molar-refractivity contribution in [2.24, 2.45) is 11.8 Å². The molecular formula is C14H18N2. The van der Waals surface area contributed by atoms with E-state index in [-0.39, 0.29) is 5.92 Å². The summed E-state index contributed by atoms with van der Waals surface area (Å²) in [4.78, 5) is 2.45. The van der Waals surface area contributed by atoms with E-state index in [0.717, 1.165) is 19.6 Å². The molecule has 84 valence electrons. The van der Waals surface area contributed by atoms with Crippen molar-refractivity contribution >= 4 is 0 Å². The second kappa shape index (κ2) is 5.14. The Bertz CT molecular complexity index is 366. The van der Waals surface area contributed by atoms with E-state index >= 15 is 0 Å². The van der Waals surface area contributed by atoms with Crippen molar-refractivity contribution in [2.45, 2.75) is 19.9 Å². The minimum absolute atomic E-state index is 0.195. The quantitative estimate of drug-likeness (QED) is 0.773. The first-order valence-corrected chi connectivity index (χ1v) is 5.95. The van der Waals surface area contributed by atoms with E-state index in [2.05, 4.69) is 35.2 Å². The zero-order chi connectivity index (χ0) is 11.4. The van der Waals surface area contributed by atoms with Gasteiger partial charge < -0.3 is 0 Å². The van der Waals surface area contributed by atoms with Crippen LogP contribution in [0, 0.1) is 23.2 Å². The monoisotopic (exact) mass is 214 g/mol. The van der Waals surface area contributed by atoms with Gasteiger partial charge in [-0.15, -0.1) is 0 Å². The van der Waals surface area contributed by atoms with Gasteiger partial charge in [0.1, 0.15) is 0 Å². The fourth-order valence-electron chi connectivity index (χ4n) is 2.36. The lowest BCUT2D eigenvalue weighted by atomic mass is 9.95. The number of rotatable bonds is 3. The molecule has 1 aliphatic heterocycles. The molecule has 0 aliphatic carbocycles. The van der Waals surface area contributed by atoms with Gasteiger partial charge in [-0.1, -0.05) is 30.3 Å². The van der Waals surface area contributed by atoms with Crippen molar-refractivity contribution in [3.05, 3.63) is 35.9 Å². The molecule has 1 aromatic carbocycles. The van der Waals surface area contributed by atoms with Crippen molar-refractivity contribution in [1.29, 1.82) is 5.26 Å². The molecule has 0 bridgehead atoms. The van der Waals surface area contributed by atoms with Gasteiger partial charge in [-0.3, -0.25) is 4.90 Å². The number of nitrogens with zero attached hydrogens (tertiary/aromatic N) is 2. The molecule has 2 nitrogen and oxygen atoms in total. The molecule has 1 fully saturated rings. The molecule has 0 radical (unpaired) electrons. The first kappa shape index (κ1) is 11.2. The van der Waals surface area contributed by atoms with Crippen LogP contribution in [0.5, 0.6) is 0 Å². The fraction of sp³-hybridized carbons (Fsp3) is 0.500. The summed E-state index contributed by atoms with van der Waals surface area (Å²) in [5.74, 6) is 0.759. The number of nitriles is 1. The van der Waals surface area contributed by atoms with E-state index in [1.165, 1.54) is 12.0 Å². The van der Waals surface area contributed by atoms with Crippen LogP contribution in [0.1, 0.15) is 18.9 Å². The van der Waals surface area contributed by atoms with Gasteiger partial charge >= 0.3 is 0 Å². The lowest BCUT2D eigenvalue weighted by Crippen LogP contribution is -2.21. The maximum atomic E-state index is 8.90. The summed E-state index contributed by atoms with van der Waals surface area (Å²) in [5, 5.41) is 8.90. The number of hydrogen-bond acceptors (Lipinski definition) is 2. The topological polar surface area (TPSA) is 27.0 Å². The highest BCUT2D eigenvalue weighted by atomic mass is 15.1. The van der Waals surface area contributed by atoms with Crippen LogP contribution < -0.4 is 0 Å². The molecule has 0 N–H and O–H groups in total. The SMILES string of the molecule is CC(C#N)C1CCN(Cc2ccccc2)C1. The maximum absolute atomic E-state index is 8.90. The molecule has 2 unspecified atom stereocenters. The average molecular weight is 214 g/mol. The van der Waals surface area contributed by atoms with Crippen molar-refractivity contribution in [2.75, 3.05) is 13.1 Å². The second-order valence-corrected chi connectivity index (χ2v) is 4.69. The molecule has 0 amide bonds. The van der Waals surface area contributed by atoms with E-state index < -0.39 is 0 Å². The molecular weight excluding hydrogens is 196 g/mol. The van der Waals surface area contributed by atoms with Crippen molar-refractivity contribution in [3.8, 4) is 6.07 Å². The van der Waals surface area contributed by atoms with Crippen molar-refractivity contribution in [1.82, 2.24) is 4.90 Å². The smallest absolute Gasteiger partial charge is 0.0656 e. The number of hydrogen-bond donors (Lipinski definition) is 0. The third-order valence-electron chi connectivity index (χ3n) is 3.47. The van der Waals surface area contributed by atoms with Crippen LogP contribution >= 0.6 is 0 Å². The summed E-state index contributed by atoms with van der Waals surface area (Å²) in [6.45, 7) is 5.27. The second-order valence-electron chi connectivity index (χ2n) is 4.69. The van der Waals surface area contributed by atoms with Gasteiger partial charge in [0.2, 0.25) is 0 Å². The Morgan fingerprint density at radius 3 is 2.88 bits per heavy atom. The maximum Gasteiger partial charge on any atom is 0.0656 e. The van der Waals surface area contributed by atoms with Crippen LogP contribution in [-0.4, -0.2) is 18.0 Å². The molecule has 1 saturated heterocycles. The molecule has 2 rings (SSSR count). The average Bonchev–Trinajstić information content (AvgIpc) is 2.78. The summed E-state index contributed by atoms with van der Waals surface area (Å²) in [6, 6.07) is 12.9. The van der Waals surface area contributed by atoms with Crippen LogP contribution in [0.2, 0.25) is 0 Å². The predicted octanol–water partition coefficient (Wildman–Crippen LogP) is 2.67. The molecule has 0 aromatic heterocycles. The third-order valence-corrected chi connectivity index (χ3v) is 3.47. The van der Waals surface area contributed by atoms with Gasteiger partial charge in [-0.25, -0.2) is 0 Å². The molecule has 16 heavy (non-hydrogen) atoms. The molecule has 0 saturated carbocycles. The van der Waals surface area contributed by atoms with Gasteiger partial charge in [0.05, 0.1) is 6.07 Å². The highest BCUT2D eigenvalue weighted by Gasteiger charge is 2.26. The standard InChI is InChI=1S/C14H18N2/c1-12(9-15)14-7-8-16(11-14)10-13-5-3-2-4-6-13/h2-6,12,14H,7-8,10-11H2,1H3. The Hall–Kier alpha value is -1.33. The predicted molar refractivity (Wildman–Crippen MR) is 64.6 cm³/mol. The van der Waals surface area contributed by atoms with Crippen LogP contribution in [-0.2, 0) is 6.54 Å². The molecule has 0 spiro atoms. The van der Waals surface area contributed by atoms with Gasteiger partial charge in [-0.05, 0) is 31.4 Å². The summed E-state index contributed by atoms with van der Waals surface area (Å²) in [5.41, 5.74) is 1.37. The third kappa shape index (κ3) is 2.62. The summed E-state index contributed by atoms with van der Waals surface area (Å²) >= 11 is 0.